The van der Waals surface area contributed by atoms with Crippen LogP contribution >= 0.6 is 23.4 Å². The van der Waals surface area contributed by atoms with Crippen LogP contribution in [0.2, 0.25) is 5.02 Å². The molecule has 0 bridgehead atoms. The molecule has 5 heteroatoms. The van der Waals surface area contributed by atoms with Crippen LogP contribution in [-0.4, -0.2) is 4.98 Å². The van der Waals surface area contributed by atoms with Gasteiger partial charge < -0.3 is 0 Å². The van der Waals surface area contributed by atoms with Crippen molar-refractivity contribution in [3.05, 3.63) is 64.4 Å². The van der Waals surface area contributed by atoms with Crippen LogP contribution in [-0.2, 0) is 7.05 Å². The molecule has 4 rings (SSSR count). The molecule has 1 aromatic carbocycles. The minimum absolute atomic E-state index is 0.742. The number of aromatic nitrogens is 2. The second-order valence-electron chi connectivity index (χ2n) is 5.14. The third-order valence-electron chi connectivity index (χ3n) is 3.60. The number of pyridine rings is 2. The summed E-state index contributed by atoms with van der Waals surface area (Å²) in [5, 5.41) is 6.43. The number of rotatable bonds is 1. The van der Waals surface area contributed by atoms with Gasteiger partial charge in [0, 0.05) is 17.7 Å². The highest BCUT2D eigenvalue weighted by Crippen LogP contribution is 2.40. The van der Waals surface area contributed by atoms with E-state index in [0.29, 0.717) is 0 Å². The van der Waals surface area contributed by atoms with E-state index >= 15 is 0 Å². The lowest BCUT2D eigenvalue weighted by molar-refractivity contribution is -0.658. The summed E-state index contributed by atoms with van der Waals surface area (Å²) >= 11 is 7.82. The molecular formula is C17H13ClN3S+. The Hall–Kier alpha value is -2.04. The molecule has 0 amide bonds. The topological polar surface area (TPSA) is 28.8 Å². The summed E-state index contributed by atoms with van der Waals surface area (Å²) in [5.74, 6) is 1.07. The molecule has 0 radical (unpaired) electrons. The summed E-state index contributed by atoms with van der Waals surface area (Å²) in [5.41, 5.74) is 2.16. The maximum atomic E-state index is 6.12. The Balaban J connectivity index is 1.77. The number of hydrogen-bond donors (Lipinski definition) is 1. The van der Waals surface area contributed by atoms with Crippen molar-refractivity contribution in [2.24, 2.45) is 7.05 Å². The second kappa shape index (κ2) is 5.30. The van der Waals surface area contributed by atoms with E-state index in [9.17, 15) is 0 Å². The van der Waals surface area contributed by atoms with Gasteiger partial charge in [0.15, 0.2) is 5.03 Å². The standard InChI is InChI=1S/C17H12ClN3S/c1-21-10-12(18)9-15-17(21)20-16(22-15)8-11-6-7-19-14-5-3-2-4-13(11)14/h2-10H,1H3/p+1. The lowest BCUT2D eigenvalue weighted by atomic mass is 10.1. The van der Waals surface area contributed by atoms with E-state index in [2.05, 4.69) is 22.4 Å². The highest BCUT2D eigenvalue weighted by molar-refractivity contribution is 8.03. The van der Waals surface area contributed by atoms with E-state index in [1.54, 1.807) is 11.8 Å². The van der Waals surface area contributed by atoms with Crippen LogP contribution in [0, 0.1) is 0 Å². The van der Waals surface area contributed by atoms with Crippen molar-refractivity contribution in [2.45, 2.75) is 4.90 Å². The smallest absolute Gasteiger partial charge is 0.256 e. The van der Waals surface area contributed by atoms with Crippen LogP contribution < -0.4 is 9.88 Å². The molecule has 3 nitrogen and oxygen atoms in total. The van der Waals surface area contributed by atoms with Crippen molar-refractivity contribution in [1.29, 1.82) is 0 Å². The van der Waals surface area contributed by atoms with Gasteiger partial charge in [0.2, 0.25) is 0 Å². The minimum atomic E-state index is 0.742. The lowest BCUT2D eigenvalue weighted by Crippen LogP contribution is -2.30. The summed E-state index contributed by atoms with van der Waals surface area (Å²) in [6.45, 7) is 0. The average Bonchev–Trinajstić information content (AvgIpc) is 2.90. The highest BCUT2D eigenvalue weighted by atomic mass is 35.5. The van der Waals surface area contributed by atoms with Gasteiger partial charge in [-0.2, -0.15) is 0 Å². The molecule has 22 heavy (non-hydrogen) atoms. The fourth-order valence-electron chi connectivity index (χ4n) is 2.59. The maximum Gasteiger partial charge on any atom is 0.294 e. The number of thioether (sulfide) groups is 1. The van der Waals surface area contributed by atoms with Crippen LogP contribution in [0.1, 0.15) is 5.56 Å². The molecule has 0 atom stereocenters. The van der Waals surface area contributed by atoms with E-state index in [1.807, 2.05) is 54.3 Å². The van der Waals surface area contributed by atoms with Crippen molar-refractivity contribution >= 4 is 46.2 Å². The SMILES string of the molecule is C[n+]1cc(Cl)cc2c1NC(=Cc1ccnc3ccccc13)S2. The predicted molar refractivity (Wildman–Crippen MR) is 91.8 cm³/mol. The number of para-hydroxylation sites is 1. The summed E-state index contributed by atoms with van der Waals surface area (Å²) in [4.78, 5) is 5.54. The van der Waals surface area contributed by atoms with Crippen molar-refractivity contribution in [3.63, 3.8) is 0 Å². The number of nitrogens with zero attached hydrogens (tertiary/aromatic N) is 2. The number of hydrogen-bond acceptors (Lipinski definition) is 3. The maximum absolute atomic E-state index is 6.12. The molecule has 1 aliphatic rings. The third kappa shape index (κ3) is 2.34. The lowest BCUT2D eigenvalue weighted by Gasteiger charge is -2.01. The van der Waals surface area contributed by atoms with Gasteiger partial charge in [-0.3, -0.25) is 4.98 Å². The number of fused-ring (bicyclic) bond motifs is 2. The van der Waals surface area contributed by atoms with Crippen LogP contribution in [0.3, 0.4) is 0 Å². The molecule has 0 unspecified atom stereocenters. The fraction of sp³-hybridized carbons (Fsp3) is 0.0588. The van der Waals surface area contributed by atoms with Gasteiger partial charge in [-0.15, -0.1) is 0 Å². The molecule has 0 saturated heterocycles. The molecule has 1 N–H and O–H groups in total. The number of anilines is 1. The number of nitrogens with one attached hydrogen (secondary N) is 1. The Morgan fingerprint density at radius 2 is 2.14 bits per heavy atom. The van der Waals surface area contributed by atoms with Crippen molar-refractivity contribution in [2.75, 3.05) is 5.32 Å². The third-order valence-corrected chi connectivity index (χ3v) is 4.78. The van der Waals surface area contributed by atoms with Gasteiger partial charge in [-0.25, -0.2) is 9.88 Å². The second-order valence-corrected chi connectivity index (χ2v) is 6.66. The van der Waals surface area contributed by atoms with Crippen LogP contribution in [0.15, 0.2) is 58.7 Å². The molecule has 0 saturated carbocycles. The minimum Gasteiger partial charge on any atom is -0.256 e. The Labute approximate surface area is 137 Å². The molecular weight excluding hydrogens is 314 g/mol. The van der Waals surface area contributed by atoms with Gasteiger partial charge in [0.05, 0.1) is 17.6 Å². The fourth-order valence-corrected chi connectivity index (χ4v) is 3.96. The van der Waals surface area contributed by atoms with Gasteiger partial charge in [-0.1, -0.05) is 29.8 Å². The molecule has 1 aliphatic heterocycles. The van der Waals surface area contributed by atoms with E-state index in [-0.39, 0.29) is 0 Å². The van der Waals surface area contributed by atoms with Gasteiger partial charge in [-0.05, 0) is 35.5 Å². The van der Waals surface area contributed by atoms with Crippen molar-refractivity contribution < 1.29 is 4.57 Å². The van der Waals surface area contributed by atoms with Crippen LogP contribution in [0.25, 0.3) is 17.0 Å². The average molecular weight is 327 g/mol. The molecule has 108 valence electrons. The van der Waals surface area contributed by atoms with Crippen LogP contribution in [0.4, 0.5) is 5.82 Å². The quantitative estimate of drug-likeness (QED) is 0.678. The summed E-state index contributed by atoms with van der Waals surface area (Å²) in [6.07, 6.45) is 5.90. The normalized spacial score (nSPS) is 15.1. The molecule has 3 aromatic rings. The highest BCUT2D eigenvalue weighted by Gasteiger charge is 2.26. The summed E-state index contributed by atoms with van der Waals surface area (Å²) in [6, 6.07) is 12.2. The van der Waals surface area contributed by atoms with Crippen molar-refractivity contribution in [3.8, 4) is 0 Å². The monoisotopic (exact) mass is 326 g/mol. The first-order valence-electron chi connectivity index (χ1n) is 6.90. The van der Waals surface area contributed by atoms with Gasteiger partial charge >= 0.3 is 0 Å². The summed E-state index contributed by atoms with van der Waals surface area (Å²) < 4.78 is 2.01. The van der Waals surface area contributed by atoms with Gasteiger partial charge in [0.1, 0.15) is 11.1 Å². The molecule has 0 fully saturated rings. The largest absolute Gasteiger partial charge is 0.294 e. The Morgan fingerprint density at radius 3 is 3.05 bits per heavy atom. The van der Waals surface area contributed by atoms with E-state index in [4.69, 9.17) is 11.6 Å². The zero-order valence-corrected chi connectivity index (χ0v) is 13.4. The Bertz CT molecular complexity index is 916. The number of halogens is 1. The molecule has 2 aromatic heterocycles. The predicted octanol–water partition coefficient (Wildman–Crippen LogP) is 4.23. The Kier molecular flexibility index (Phi) is 3.28. The first-order chi connectivity index (χ1) is 10.7. The zero-order valence-electron chi connectivity index (χ0n) is 11.9. The first-order valence-corrected chi connectivity index (χ1v) is 8.10. The van der Waals surface area contributed by atoms with Gasteiger partial charge in [0.25, 0.3) is 5.82 Å². The molecule has 0 aliphatic carbocycles. The number of benzene rings is 1. The van der Waals surface area contributed by atoms with E-state index < -0.39 is 0 Å². The number of aryl methyl sites for hydroxylation is 1. The van der Waals surface area contributed by atoms with E-state index in [1.165, 1.54) is 0 Å². The van der Waals surface area contributed by atoms with Crippen molar-refractivity contribution in [1.82, 2.24) is 4.98 Å². The molecule has 3 heterocycles. The van der Waals surface area contributed by atoms with Crippen LogP contribution in [0.5, 0.6) is 0 Å². The molecule has 0 spiro atoms. The Morgan fingerprint density at radius 1 is 1.27 bits per heavy atom. The summed E-state index contributed by atoms with van der Waals surface area (Å²) in [7, 11) is 1.99. The van der Waals surface area contributed by atoms with E-state index in [0.717, 1.165) is 37.2 Å². The zero-order chi connectivity index (χ0) is 15.1. The first kappa shape index (κ1) is 13.6.